The molecule has 7 heteroatoms. The van der Waals surface area contributed by atoms with E-state index in [4.69, 9.17) is 5.73 Å². The number of aromatic nitrogens is 2. The number of hydrogen-bond acceptors (Lipinski definition) is 4. The third kappa shape index (κ3) is 3.71. The molecule has 2 rings (SSSR count). The maximum atomic E-state index is 6.14. The molecule has 1 saturated heterocycles. The zero-order valence-corrected chi connectivity index (χ0v) is 14.6. The molecule has 0 amide bonds. The van der Waals surface area contributed by atoms with Gasteiger partial charge in [-0.2, -0.15) is 4.99 Å². The number of nitrogens with zero attached hydrogens (tertiary/aromatic N) is 5. The van der Waals surface area contributed by atoms with Gasteiger partial charge in [-0.3, -0.25) is 0 Å². The van der Waals surface area contributed by atoms with Crippen LogP contribution in [0.1, 0.15) is 31.9 Å². The molecule has 0 saturated carbocycles. The van der Waals surface area contributed by atoms with Crippen LogP contribution in [0.2, 0.25) is 0 Å². The molecule has 2 heterocycles. The summed E-state index contributed by atoms with van der Waals surface area (Å²) in [6, 6.07) is 0.527. The topological polar surface area (TPSA) is 70.6 Å². The van der Waals surface area contributed by atoms with Gasteiger partial charge in [0.15, 0.2) is 11.8 Å². The van der Waals surface area contributed by atoms with Crippen molar-refractivity contribution in [3.63, 3.8) is 0 Å². The molecular formula is C14H23BrN6. The van der Waals surface area contributed by atoms with Gasteiger partial charge >= 0.3 is 0 Å². The quantitative estimate of drug-likeness (QED) is 0.663. The summed E-state index contributed by atoms with van der Waals surface area (Å²) in [6.45, 7) is 6.01. The lowest BCUT2D eigenvalue weighted by Crippen LogP contribution is -2.38. The molecular weight excluding hydrogens is 332 g/mol. The predicted octanol–water partition coefficient (Wildman–Crippen LogP) is 1.94. The van der Waals surface area contributed by atoms with Gasteiger partial charge in [-0.15, -0.1) is 0 Å². The van der Waals surface area contributed by atoms with Crippen molar-refractivity contribution in [2.75, 3.05) is 27.2 Å². The number of aliphatic imine (C=N–C) groups is 1. The highest BCUT2D eigenvalue weighted by Gasteiger charge is 2.25. The largest absolute Gasteiger partial charge is 0.369 e. The summed E-state index contributed by atoms with van der Waals surface area (Å²) in [5, 5.41) is 0. The monoisotopic (exact) mass is 354 g/mol. The third-order valence-electron chi connectivity index (χ3n) is 3.78. The Morgan fingerprint density at radius 3 is 2.76 bits per heavy atom. The summed E-state index contributed by atoms with van der Waals surface area (Å²) in [5.74, 6) is 1.43. The molecule has 116 valence electrons. The average molecular weight is 355 g/mol. The standard InChI is InChI=1S/C14H23BrN6/c1-9(2)12-11(15)13(18-8-17-12)19-14(16)21-6-5-10(7-21)20(3)4/h8-10H,5-7H2,1-4H3,(H2,16,17,18,19). The van der Waals surface area contributed by atoms with Crippen molar-refractivity contribution in [3.8, 4) is 0 Å². The number of rotatable bonds is 3. The Bertz CT molecular complexity index is 528. The third-order valence-corrected chi connectivity index (χ3v) is 4.54. The molecule has 0 radical (unpaired) electrons. The van der Waals surface area contributed by atoms with Crippen molar-refractivity contribution in [2.45, 2.75) is 32.2 Å². The highest BCUT2D eigenvalue weighted by atomic mass is 79.9. The molecule has 21 heavy (non-hydrogen) atoms. The van der Waals surface area contributed by atoms with Gasteiger partial charge in [-0.25, -0.2) is 9.97 Å². The van der Waals surface area contributed by atoms with E-state index in [-0.39, 0.29) is 0 Å². The minimum absolute atomic E-state index is 0.308. The first-order chi connectivity index (χ1) is 9.90. The van der Waals surface area contributed by atoms with Crippen LogP contribution in [0.25, 0.3) is 0 Å². The van der Waals surface area contributed by atoms with E-state index in [1.165, 1.54) is 0 Å². The lowest BCUT2D eigenvalue weighted by Gasteiger charge is -2.21. The number of hydrogen-bond donors (Lipinski definition) is 1. The summed E-state index contributed by atoms with van der Waals surface area (Å²) in [4.78, 5) is 17.3. The summed E-state index contributed by atoms with van der Waals surface area (Å²) >= 11 is 3.54. The Hall–Kier alpha value is -1.21. The molecule has 1 aromatic heterocycles. The Balaban J connectivity index is 2.18. The van der Waals surface area contributed by atoms with Gasteiger partial charge in [0, 0.05) is 19.1 Å². The number of guanidine groups is 1. The predicted molar refractivity (Wildman–Crippen MR) is 88.8 cm³/mol. The van der Waals surface area contributed by atoms with Crippen LogP contribution in [-0.2, 0) is 0 Å². The molecule has 6 nitrogen and oxygen atoms in total. The summed E-state index contributed by atoms with van der Waals surface area (Å²) in [6.07, 6.45) is 2.64. The van der Waals surface area contributed by atoms with Gasteiger partial charge in [0.2, 0.25) is 0 Å². The highest BCUT2D eigenvalue weighted by Crippen LogP contribution is 2.29. The summed E-state index contributed by atoms with van der Waals surface area (Å²) in [5.41, 5.74) is 7.09. The number of likely N-dealkylation sites (tertiary alicyclic amines) is 1. The fourth-order valence-electron chi connectivity index (χ4n) is 2.40. The minimum Gasteiger partial charge on any atom is -0.369 e. The Kier molecular flexibility index (Phi) is 5.16. The molecule has 1 atom stereocenters. The van der Waals surface area contributed by atoms with Crippen LogP contribution < -0.4 is 5.73 Å². The molecule has 0 spiro atoms. The van der Waals surface area contributed by atoms with Crippen LogP contribution in [0.15, 0.2) is 15.8 Å². The number of halogens is 1. The molecule has 1 aliphatic heterocycles. The first kappa shape index (κ1) is 16.2. The van der Waals surface area contributed by atoms with Crippen LogP contribution in [-0.4, -0.2) is 59.0 Å². The first-order valence-electron chi connectivity index (χ1n) is 7.16. The van der Waals surface area contributed by atoms with E-state index in [1.54, 1.807) is 6.33 Å². The van der Waals surface area contributed by atoms with E-state index in [0.29, 0.717) is 23.7 Å². The van der Waals surface area contributed by atoms with Gasteiger partial charge in [0.05, 0.1) is 10.2 Å². The van der Waals surface area contributed by atoms with Crippen molar-refractivity contribution in [3.05, 3.63) is 16.5 Å². The molecule has 1 unspecified atom stereocenters. The lowest BCUT2D eigenvalue weighted by atomic mass is 10.1. The van der Waals surface area contributed by atoms with Crippen LogP contribution in [0.5, 0.6) is 0 Å². The highest BCUT2D eigenvalue weighted by molar-refractivity contribution is 9.10. The zero-order valence-electron chi connectivity index (χ0n) is 13.0. The normalized spacial score (nSPS) is 19.9. The van der Waals surface area contributed by atoms with Gasteiger partial charge in [-0.05, 0) is 42.4 Å². The van der Waals surface area contributed by atoms with Crippen molar-refractivity contribution in [1.29, 1.82) is 0 Å². The van der Waals surface area contributed by atoms with E-state index in [9.17, 15) is 0 Å². The van der Waals surface area contributed by atoms with E-state index in [1.807, 2.05) is 0 Å². The molecule has 0 bridgehead atoms. The smallest absolute Gasteiger partial charge is 0.198 e. The second kappa shape index (κ2) is 6.70. The summed E-state index contributed by atoms with van der Waals surface area (Å²) in [7, 11) is 4.19. The van der Waals surface area contributed by atoms with E-state index in [0.717, 1.165) is 29.7 Å². The van der Waals surface area contributed by atoms with Crippen molar-refractivity contribution in [2.24, 2.45) is 10.7 Å². The van der Waals surface area contributed by atoms with Crippen molar-refractivity contribution < 1.29 is 0 Å². The van der Waals surface area contributed by atoms with Gasteiger partial charge < -0.3 is 15.5 Å². The SMILES string of the molecule is CC(C)c1ncnc(N=C(N)N2CCC(N(C)C)C2)c1Br. The fourth-order valence-corrected chi connectivity index (χ4v) is 3.16. The molecule has 1 aliphatic rings. The second-order valence-electron chi connectivity index (χ2n) is 5.87. The molecule has 0 aliphatic carbocycles. The van der Waals surface area contributed by atoms with E-state index in [2.05, 4.69) is 68.6 Å². The van der Waals surface area contributed by atoms with Gasteiger partial charge in [0.25, 0.3) is 0 Å². The zero-order chi connectivity index (χ0) is 15.6. The maximum Gasteiger partial charge on any atom is 0.198 e. The van der Waals surface area contributed by atoms with Crippen LogP contribution in [0.4, 0.5) is 5.82 Å². The van der Waals surface area contributed by atoms with Crippen LogP contribution >= 0.6 is 15.9 Å². The summed E-state index contributed by atoms with van der Waals surface area (Å²) < 4.78 is 0.825. The lowest BCUT2D eigenvalue weighted by molar-refractivity contribution is 0.300. The van der Waals surface area contributed by atoms with E-state index >= 15 is 0 Å². The maximum absolute atomic E-state index is 6.14. The molecule has 1 fully saturated rings. The van der Waals surface area contributed by atoms with Crippen LogP contribution in [0.3, 0.4) is 0 Å². The van der Waals surface area contributed by atoms with Gasteiger partial charge in [-0.1, -0.05) is 13.8 Å². The second-order valence-corrected chi connectivity index (χ2v) is 6.67. The Labute approximate surface area is 134 Å². The molecule has 0 aromatic carbocycles. The fraction of sp³-hybridized carbons (Fsp3) is 0.643. The molecule has 1 aromatic rings. The van der Waals surface area contributed by atoms with Crippen LogP contribution in [0, 0.1) is 0 Å². The van der Waals surface area contributed by atoms with Gasteiger partial charge in [0.1, 0.15) is 6.33 Å². The average Bonchev–Trinajstić information content (AvgIpc) is 2.90. The first-order valence-corrected chi connectivity index (χ1v) is 7.95. The minimum atomic E-state index is 0.308. The molecule has 2 N–H and O–H groups in total. The van der Waals surface area contributed by atoms with Crippen molar-refractivity contribution >= 4 is 27.7 Å². The van der Waals surface area contributed by atoms with E-state index < -0.39 is 0 Å². The number of likely N-dealkylation sites (N-methyl/N-ethyl adjacent to an activating group) is 1. The Morgan fingerprint density at radius 2 is 2.19 bits per heavy atom. The Morgan fingerprint density at radius 1 is 1.48 bits per heavy atom. The van der Waals surface area contributed by atoms with Crippen molar-refractivity contribution in [1.82, 2.24) is 19.8 Å². The number of nitrogens with two attached hydrogens (primary N) is 1.